The normalized spacial score (nSPS) is 15.6. The summed E-state index contributed by atoms with van der Waals surface area (Å²) in [6.45, 7) is 4.99. The molecule has 24 heavy (non-hydrogen) atoms. The number of benzene rings is 1. The van der Waals surface area contributed by atoms with Gasteiger partial charge in [-0.1, -0.05) is 15.9 Å². The predicted molar refractivity (Wildman–Crippen MR) is 105 cm³/mol. The molecule has 4 nitrogen and oxygen atoms in total. The second kappa shape index (κ2) is 9.20. The Hall–Kier alpha value is -0.600. The summed E-state index contributed by atoms with van der Waals surface area (Å²) in [5.41, 5.74) is 2.19. The molecule has 0 atom stereocenters. The van der Waals surface area contributed by atoms with Crippen molar-refractivity contribution in [2.45, 2.75) is 5.75 Å². The highest BCUT2D eigenvalue weighted by Crippen LogP contribution is 2.35. The van der Waals surface area contributed by atoms with E-state index in [1.54, 1.807) is 18.4 Å². The molecule has 0 radical (unpaired) electrons. The Bertz CT molecular complexity index is 660. The van der Waals surface area contributed by atoms with Crippen LogP contribution in [0.2, 0.25) is 0 Å². The third kappa shape index (κ3) is 4.95. The van der Waals surface area contributed by atoms with Gasteiger partial charge in [-0.3, -0.25) is 4.90 Å². The fourth-order valence-corrected chi connectivity index (χ4v) is 4.73. The third-order valence-electron chi connectivity index (χ3n) is 3.85. The van der Waals surface area contributed by atoms with E-state index in [1.165, 1.54) is 0 Å². The highest BCUT2D eigenvalue weighted by molar-refractivity contribution is 9.10. The van der Waals surface area contributed by atoms with Crippen molar-refractivity contribution in [2.24, 2.45) is 0 Å². The maximum absolute atomic E-state index is 5.45. The summed E-state index contributed by atoms with van der Waals surface area (Å²) in [6.07, 6.45) is 0. The van der Waals surface area contributed by atoms with Crippen molar-refractivity contribution in [1.82, 2.24) is 9.88 Å². The van der Waals surface area contributed by atoms with E-state index in [9.17, 15) is 0 Å². The molecule has 7 heteroatoms. The first kappa shape index (κ1) is 18.2. The molecule has 0 bridgehead atoms. The van der Waals surface area contributed by atoms with E-state index in [0.717, 1.165) is 70.8 Å². The van der Waals surface area contributed by atoms with Gasteiger partial charge in [-0.2, -0.15) is 11.8 Å². The van der Waals surface area contributed by atoms with Crippen molar-refractivity contribution in [2.75, 3.05) is 45.7 Å². The van der Waals surface area contributed by atoms with Gasteiger partial charge in [0.2, 0.25) is 0 Å². The lowest BCUT2D eigenvalue weighted by atomic mass is 10.2. The predicted octanol–water partition coefficient (Wildman–Crippen LogP) is 4.15. The second-order valence-electron chi connectivity index (χ2n) is 5.50. The molecule has 0 aliphatic carbocycles. The summed E-state index contributed by atoms with van der Waals surface area (Å²) >= 11 is 7.14. The number of methoxy groups -OCH3 is 1. The Morgan fingerprint density at radius 1 is 1.38 bits per heavy atom. The molecule has 1 aromatic heterocycles. The molecule has 130 valence electrons. The Morgan fingerprint density at radius 3 is 3.00 bits per heavy atom. The maximum Gasteiger partial charge on any atom is 0.129 e. The molecule has 1 fully saturated rings. The standard InChI is InChI=1S/C17H21BrN2O2S2/c1-21-16-3-2-13(18)10-15(16)17-19-14(12-24-17)11-23-9-6-20-4-7-22-8-5-20/h2-3,10,12H,4-9,11H2,1H3. The quantitative estimate of drug-likeness (QED) is 0.618. The van der Waals surface area contributed by atoms with E-state index in [1.807, 2.05) is 23.9 Å². The zero-order valence-electron chi connectivity index (χ0n) is 13.7. The van der Waals surface area contributed by atoms with E-state index in [-0.39, 0.29) is 0 Å². The van der Waals surface area contributed by atoms with Crippen LogP contribution >= 0.6 is 39.0 Å². The zero-order valence-corrected chi connectivity index (χ0v) is 16.9. The summed E-state index contributed by atoms with van der Waals surface area (Å²) in [4.78, 5) is 7.25. The van der Waals surface area contributed by atoms with Crippen LogP contribution in [0.15, 0.2) is 28.1 Å². The lowest BCUT2D eigenvalue weighted by Crippen LogP contribution is -2.37. The van der Waals surface area contributed by atoms with Crippen molar-refractivity contribution < 1.29 is 9.47 Å². The number of morpholine rings is 1. The first-order valence-corrected chi connectivity index (χ1v) is 10.7. The van der Waals surface area contributed by atoms with Crippen LogP contribution in [-0.2, 0) is 10.5 Å². The second-order valence-corrected chi connectivity index (χ2v) is 8.37. The average Bonchev–Trinajstić information content (AvgIpc) is 3.08. The first-order valence-electron chi connectivity index (χ1n) is 7.92. The third-order valence-corrected chi connectivity index (χ3v) is 6.24. The number of nitrogens with zero attached hydrogens (tertiary/aromatic N) is 2. The molecule has 0 N–H and O–H groups in total. The lowest BCUT2D eigenvalue weighted by Gasteiger charge is -2.26. The average molecular weight is 429 g/mol. The van der Waals surface area contributed by atoms with E-state index in [4.69, 9.17) is 14.5 Å². The fraction of sp³-hybridized carbons (Fsp3) is 0.471. The molecule has 0 amide bonds. The van der Waals surface area contributed by atoms with Gasteiger partial charge in [0, 0.05) is 41.0 Å². The highest BCUT2D eigenvalue weighted by Gasteiger charge is 2.12. The molecular formula is C17H21BrN2O2S2. The number of hydrogen-bond acceptors (Lipinski definition) is 6. The summed E-state index contributed by atoms with van der Waals surface area (Å²) < 4.78 is 11.9. The Morgan fingerprint density at radius 2 is 2.21 bits per heavy atom. The number of thiazole rings is 1. The molecule has 1 aliphatic heterocycles. The van der Waals surface area contributed by atoms with Gasteiger partial charge in [-0.05, 0) is 18.2 Å². The number of halogens is 1. The Kier molecular flexibility index (Phi) is 6.97. The number of thioether (sulfide) groups is 1. The van der Waals surface area contributed by atoms with E-state index in [2.05, 4.69) is 32.3 Å². The SMILES string of the molecule is COc1ccc(Br)cc1-c1nc(CSCCN2CCOCC2)cs1. The minimum absolute atomic E-state index is 0.860. The van der Waals surface area contributed by atoms with Gasteiger partial charge in [0.15, 0.2) is 0 Å². The van der Waals surface area contributed by atoms with Crippen LogP contribution < -0.4 is 4.74 Å². The highest BCUT2D eigenvalue weighted by atomic mass is 79.9. The maximum atomic E-state index is 5.45. The molecular weight excluding hydrogens is 408 g/mol. The molecule has 1 saturated heterocycles. The zero-order chi connectivity index (χ0) is 16.8. The van der Waals surface area contributed by atoms with E-state index >= 15 is 0 Å². The number of rotatable bonds is 7. The molecule has 0 saturated carbocycles. The molecule has 0 spiro atoms. The molecule has 3 rings (SSSR count). The fourth-order valence-electron chi connectivity index (χ4n) is 2.54. The van der Waals surface area contributed by atoms with Crippen LogP contribution in [-0.4, -0.2) is 55.6 Å². The van der Waals surface area contributed by atoms with Crippen molar-refractivity contribution in [3.8, 4) is 16.3 Å². The topological polar surface area (TPSA) is 34.6 Å². The summed E-state index contributed by atoms with van der Waals surface area (Å²) in [7, 11) is 1.70. The van der Waals surface area contributed by atoms with Gasteiger partial charge in [0.25, 0.3) is 0 Å². The number of hydrogen-bond donors (Lipinski definition) is 0. The van der Waals surface area contributed by atoms with Crippen molar-refractivity contribution >= 4 is 39.0 Å². The van der Waals surface area contributed by atoms with Gasteiger partial charge in [-0.25, -0.2) is 4.98 Å². The molecule has 1 aliphatic rings. The number of ether oxygens (including phenoxy) is 2. The van der Waals surface area contributed by atoms with Crippen LogP contribution in [0.4, 0.5) is 0 Å². The van der Waals surface area contributed by atoms with E-state index < -0.39 is 0 Å². The van der Waals surface area contributed by atoms with Crippen LogP contribution in [0.5, 0.6) is 5.75 Å². The van der Waals surface area contributed by atoms with Gasteiger partial charge in [0.05, 0.1) is 31.6 Å². The lowest BCUT2D eigenvalue weighted by molar-refractivity contribution is 0.0410. The number of aromatic nitrogens is 1. The first-order chi connectivity index (χ1) is 11.8. The smallest absolute Gasteiger partial charge is 0.129 e. The minimum Gasteiger partial charge on any atom is -0.496 e. The Labute approximate surface area is 159 Å². The minimum atomic E-state index is 0.860. The Balaban J connectivity index is 1.53. The summed E-state index contributed by atoms with van der Waals surface area (Å²) in [5.74, 6) is 2.95. The molecule has 0 unspecified atom stereocenters. The van der Waals surface area contributed by atoms with Crippen molar-refractivity contribution in [1.29, 1.82) is 0 Å². The van der Waals surface area contributed by atoms with Crippen LogP contribution in [0, 0.1) is 0 Å². The molecule has 2 heterocycles. The monoisotopic (exact) mass is 428 g/mol. The summed E-state index contributed by atoms with van der Waals surface area (Å²) in [6, 6.07) is 6.02. The molecule has 2 aromatic rings. The van der Waals surface area contributed by atoms with Crippen LogP contribution in [0.1, 0.15) is 5.69 Å². The van der Waals surface area contributed by atoms with Crippen LogP contribution in [0.25, 0.3) is 10.6 Å². The molecule has 1 aromatic carbocycles. The van der Waals surface area contributed by atoms with Crippen molar-refractivity contribution in [3.63, 3.8) is 0 Å². The largest absolute Gasteiger partial charge is 0.496 e. The van der Waals surface area contributed by atoms with E-state index in [0.29, 0.717) is 0 Å². The van der Waals surface area contributed by atoms with Crippen LogP contribution in [0.3, 0.4) is 0 Å². The van der Waals surface area contributed by atoms with Gasteiger partial charge in [0.1, 0.15) is 10.8 Å². The van der Waals surface area contributed by atoms with Gasteiger partial charge in [-0.15, -0.1) is 11.3 Å². The van der Waals surface area contributed by atoms with Gasteiger partial charge < -0.3 is 9.47 Å². The van der Waals surface area contributed by atoms with Gasteiger partial charge >= 0.3 is 0 Å². The van der Waals surface area contributed by atoms with Crippen molar-refractivity contribution in [3.05, 3.63) is 33.7 Å². The summed E-state index contributed by atoms with van der Waals surface area (Å²) in [5, 5.41) is 3.16.